The minimum absolute atomic E-state index is 0.217. The Balaban J connectivity index is 1.52. The number of rotatable bonds is 4. The Morgan fingerprint density at radius 3 is 2.62 bits per heavy atom. The smallest absolute Gasteiger partial charge is 0.416 e. The molecule has 1 aliphatic rings. The first-order valence-corrected chi connectivity index (χ1v) is 10.0. The van der Waals surface area contributed by atoms with Crippen molar-refractivity contribution in [1.29, 1.82) is 0 Å². The van der Waals surface area contributed by atoms with E-state index in [-0.39, 0.29) is 5.56 Å². The van der Waals surface area contributed by atoms with Gasteiger partial charge in [-0.05, 0) is 37.1 Å². The summed E-state index contributed by atoms with van der Waals surface area (Å²) in [5, 5.41) is 4.50. The number of pyridine rings is 1. The molecule has 1 atom stereocenters. The Hall–Kier alpha value is -3.69. The van der Waals surface area contributed by atoms with Crippen molar-refractivity contribution >= 4 is 0 Å². The summed E-state index contributed by atoms with van der Waals surface area (Å²) in [6.07, 6.45) is -0.395. The fourth-order valence-electron chi connectivity index (χ4n) is 4.08. The monoisotopic (exact) mass is 440 g/mol. The molecule has 4 aromatic rings. The first kappa shape index (κ1) is 20.2. The third kappa shape index (κ3) is 3.41. The summed E-state index contributed by atoms with van der Waals surface area (Å²) in [6.45, 7) is 2.37. The van der Waals surface area contributed by atoms with Gasteiger partial charge in [0.25, 0.3) is 0 Å². The number of alkyl halides is 3. The molecule has 0 N–H and O–H groups in total. The molecule has 0 bridgehead atoms. The van der Waals surface area contributed by atoms with Gasteiger partial charge < -0.3 is 9.30 Å². The third-order valence-corrected chi connectivity index (χ3v) is 5.54. The van der Waals surface area contributed by atoms with Gasteiger partial charge in [-0.1, -0.05) is 18.2 Å². The summed E-state index contributed by atoms with van der Waals surface area (Å²) in [6, 6.07) is 9.23. The molecule has 0 saturated heterocycles. The number of ether oxygens (including phenoxy) is 1. The first-order valence-electron chi connectivity index (χ1n) is 10.0. The van der Waals surface area contributed by atoms with Crippen molar-refractivity contribution in [2.45, 2.75) is 32.0 Å². The van der Waals surface area contributed by atoms with Crippen molar-refractivity contribution in [3.05, 3.63) is 71.6 Å². The van der Waals surface area contributed by atoms with E-state index in [9.17, 15) is 13.2 Å². The summed E-state index contributed by atoms with van der Waals surface area (Å²) >= 11 is 0. The zero-order chi connectivity index (χ0) is 22.5. The van der Waals surface area contributed by atoms with Crippen molar-refractivity contribution in [3.63, 3.8) is 0 Å². The van der Waals surface area contributed by atoms with Gasteiger partial charge in [0.1, 0.15) is 17.2 Å². The number of aromatic nitrogens is 6. The molecule has 7 nitrogen and oxygen atoms in total. The second kappa shape index (κ2) is 7.47. The van der Waals surface area contributed by atoms with Gasteiger partial charge in [-0.25, -0.2) is 19.6 Å². The van der Waals surface area contributed by atoms with Crippen LogP contribution in [0.25, 0.3) is 17.2 Å². The fraction of sp³-hybridized carbons (Fsp3) is 0.273. The van der Waals surface area contributed by atoms with Gasteiger partial charge in [0.15, 0.2) is 5.82 Å². The minimum Gasteiger partial charge on any atom is -0.479 e. The molecule has 0 spiro atoms. The first-order chi connectivity index (χ1) is 15.3. The highest BCUT2D eigenvalue weighted by molar-refractivity contribution is 5.56. The van der Waals surface area contributed by atoms with Crippen LogP contribution in [0.3, 0.4) is 0 Å². The molecule has 4 heterocycles. The SMILES string of the molecule is COc1nc(-c2nc3n(n2)CC[C@H]3c2ccccc2C(F)(F)F)ccc1-n1cnc(C)c1. The molecular weight excluding hydrogens is 421 g/mol. The number of hydrogen-bond donors (Lipinski definition) is 0. The Labute approximate surface area is 181 Å². The van der Waals surface area contributed by atoms with E-state index in [0.29, 0.717) is 41.9 Å². The highest BCUT2D eigenvalue weighted by Crippen LogP contribution is 2.41. The van der Waals surface area contributed by atoms with Crippen LogP contribution in [-0.2, 0) is 12.7 Å². The Bertz CT molecular complexity index is 1290. The lowest BCUT2D eigenvalue weighted by Crippen LogP contribution is -2.12. The van der Waals surface area contributed by atoms with Crippen molar-refractivity contribution < 1.29 is 17.9 Å². The topological polar surface area (TPSA) is 70.7 Å². The van der Waals surface area contributed by atoms with E-state index in [0.717, 1.165) is 11.8 Å². The Kier molecular flexibility index (Phi) is 4.72. The fourth-order valence-corrected chi connectivity index (χ4v) is 4.08. The molecule has 0 radical (unpaired) electrons. The van der Waals surface area contributed by atoms with Crippen molar-refractivity contribution in [3.8, 4) is 23.1 Å². The number of hydrogen-bond acceptors (Lipinski definition) is 5. The summed E-state index contributed by atoms with van der Waals surface area (Å²) < 4.78 is 49.5. The molecule has 10 heteroatoms. The number of fused-ring (bicyclic) bond motifs is 1. The lowest BCUT2D eigenvalue weighted by molar-refractivity contribution is -0.138. The quantitative estimate of drug-likeness (QED) is 0.471. The molecule has 32 heavy (non-hydrogen) atoms. The van der Waals surface area contributed by atoms with Gasteiger partial charge in [0.2, 0.25) is 5.88 Å². The molecular formula is C22H19F3N6O. The van der Waals surface area contributed by atoms with E-state index < -0.39 is 17.7 Å². The second-order valence-corrected chi connectivity index (χ2v) is 7.59. The van der Waals surface area contributed by atoms with E-state index in [1.165, 1.54) is 19.2 Å². The molecule has 0 unspecified atom stereocenters. The predicted molar refractivity (Wildman–Crippen MR) is 110 cm³/mol. The normalized spacial score (nSPS) is 15.7. The summed E-state index contributed by atoms with van der Waals surface area (Å²) in [5.41, 5.74) is 1.62. The molecule has 164 valence electrons. The maximum absolute atomic E-state index is 13.5. The average molecular weight is 440 g/mol. The van der Waals surface area contributed by atoms with Crippen LogP contribution in [0.5, 0.6) is 5.88 Å². The highest BCUT2D eigenvalue weighted by atomic mass is 19.4. The number of benzene rings is 1. The summed E-state index contributed by atoms with van der Waals surface area (Å²) in [4.78, 5) is 13.3. The summed E-state index contributed by atoms with van der Waals surface area (Å²) in [5.74, 6) is 0.741. The third-order valence-electron chi connectivity index (χ3n) is 5.54. The van der Waals surface area contributed by atoms with E-state index >= 15 is 0 Å². The molecule has 3 aromatic heterocycles. The number of aryl methyl sites for hydroxylation is 2. The van der Waals surface area contributed by atoms with Gasteiger partial charge >= 0.3 is 6.18 Å². The van der Waals surface area contributed by atoms with Gasteiger partial charge in [-0.3, -0.25) is 0 Å². The lowest BCUT2D eigenvalue weighted by Gasteiger charge is -2.16. The van der Waals surface area contributed by atoms with Crippen LogP contribution < -0.4 is 4.74 Å². The van der Waals surface area contributed by atoms with Crippen LogP contribution in [0.1, 0.15) is 35.0 Å². The van der Waals surface area contributed by atoms with Crippen LogP contribution in [0.4, 0.5) is 13.2 Å². The second-order valence-electron chi connectivity index (χ2n) is 7.59. The largest absolute Gasteiger partial charge is 0.479 e. The van der Waals surface area contributed by atoms with Crippen LogP contribution in [0, 0.1) is 6.92 Å². The van der Waals surface area contributed by atoms with E-state index in [2.05, 4.69) is 20.1 Å². The predicted octanol–water partition coefficient (Wildman–Crippen LogP) is 4.40. The molecule has 1 aliphatic heterocycles. The van der Waals surface area contributed by atoms with E-state index in [1.54, 1.807) is 27.7 Å². The number of nitrogens with zero attached hydrogens (tertiary/aromatic N) is 6. The number of halogens is 3. The van der Waals surface area contributed by atoms with E-state index in [4.69, 9.17) is 4.74 Å². The van der Waals surface area contributed by atoms with Crippen molar-refractivity contribution in [2.24, 2.45) is 0 Å². The molecule has 0 amide bonds. The highest BCUT2D eigenvalue weighted by Gasteiger charge is 2.38. The van der Waals surface area contributed by atoms with Crippen molar-refractivity contribution in [2.75, 3.05) is 7.11 Å². The van der Waals surface area contributed by atoms with Gasteiger partial charge in [-0.2, -0.15) is 13.2 Å². The number of imidazole rings is 1. The summed E-state index contributed by atoms with van der Waals surface area (Å²) in [7, 11) is 1.52. The standard InChI is InChI=1S/C22H19F3N6O/c1-13-11-30(12-26-13)18-8-7-17(27-21(18)32-2)19-28-20-15(9-10-31(20)29-19)14-5-3-4-6-16(14)22(23,24)25/h3-8,11-12,15H,9-10H2,1-2H3/t15-/m0/s1. The Morgan fingerprint density at radius 2 is 1.91 bits per heavy atom. The van der Waals surface area contributed by atoms with Gasteiger partial charge in [0, 0.05) is 18.7 Å². The average Bonchev–Trinajstić information content (AvgIpc) is 3.48. The lowest BCUT2D eigenvalue weighted by atomic mass is 9.92. The van der Waals surface area contributed by atoms with Crippen LogP contribution in [0.15, 0.2) is 48.9 Å². The molecule has 5 rings (SSSR count). The maximum Gasteiger partial charge on any atom is 0.416 e. The van der Waals surface area contributed by atoms with E-state index in [1.807, 2.05) is 19.2 Å². The van der Waals surface area contributed by atoms with Gasteiger partial charge in [-0.15, -0.1) is 5.10 Å². The van der Waals surface area contributed by atoms with Crippen LogP contribution in [0.2, 0.25) is 0 Å². The molecule has 0 aliphatic carbocycles. The van der Waals surface area contributed by atoms with Gasteiger partial charge in [0.05, 0.1) is 24.7 Å². The zero-order valence-corrected chi connectivity index (χ0v) is 17.3. The van der Waals surface area contributed by atoms with Crippen molar-refractivity contribution in [1.82, 2.24) is 29.3 Å². The minimum atomic E-state index is -4.43. The molecule has 1 aromatic carbocycles. The number of methoxy groups -OCH3 is 1. The molecule has 0 fully saturated rings. The van der Waals surface area contributed by atoms with Crippen LogP contribution in [-0.4, -0.2) is 36.4 Å². The molecule has 0 saturated carbocycles. The maximum atomic E-state index is 13.5. The van der Waals surface area contributed by atoms with Crippen LogP contribution >= 0.6 is 0 Å². The zero-order valence-electron chi connectivity index (χ0n) is 17.3. The Morgan fingerprint density at radius 1 is 1.09 bits per heavy atom.